The van der Waals surface area contributed by atoms with E-state index in [1.165, 1.54) is 12.1 Å². The summed E-state index contributed by atoms with van der Waals surface area (Å²) in [6, 6.07) is 3.87. The third kappa shape index (κ3) is 1.83. The smallest absolute Gasteiger partial charge is 0.504 e. The highest BCUT2D eigenvalue weighted by molar-refractivity contribution is 5.88. The lowest BCUT2D eigenvalue weighted by atomic mass is 10.2. The van der Waals surface area contributed by atoms with Gasteiger partial charge in [0.1, 0.15) is 6.26 Å². The van der Waals surface area contributed by atoms with E-state index in [4.69, 9.17) is 4.42 Å². The van der Waals surface area contributed by atoms with Crippen molar-refractivity contribution < 1.29 is 27.4 Å². The third-order valence-electron chi connectivity index (χ3n) is 1.77. The lowest BCUT2D eigenvalue weighted by Gasteiger charge is -2.08. The van der Waals surface area contributed by atoms with Crippen LogP contribution in [0.2, 0.25) is 0 Å². The van der Waals surface area contributed by atoms with E-state index in [-0.39, 0.29) is 16.7 Å². The van der Waals surface area contributed by atoms with Crippen LogP contribution in [0.25, 0.3) is 11.0 Å². The number of hydrogen-bond acceptors (Lipinski definition) is 3. The summed E-state index contributed by atoms with van der Waals surface area (Å²) in [4.78, 5) is 0. The second kappa shape index (κ2) is 3.08. The maximum absolute atomic E-state index is 11.9. The van der Waals surface area contributed by atoms with Gasteiger partial charge in [-0.05, 0) is 12.1 Å². The number of alkyl halides is 3. The minimum absolute atomic E-state index is 0.132. The fourth-order valence-corrected chi connectivity index (χ4v) is 1.22. The summed E-state index contributed by atoms with van der Waals surface area (Å²) < 4.78 is 44.3. The second-order valence-corrected chi connectivity index (χ2v) is 2.80. The Morgan fingerprint density at radius 2 is 2.00 bits per heavy atom. The van der Waals surface area contributed by atoms with E-state index < -0.39 is 12.1 Å². The minimum Gasteiger partial charge on any atom is -0.504 e. The van der Waals surface area contributed by atoms with E-state index >= 15 is 0 Å². The SMILES string of the molecule is Oc1coc2c(OC(F)(F)F)cccc12. The highest BCUT2D eigenvalue weighted by Crippen LogP contribution is 2.35. The number of benzene rings is 1. The van der Waals surface area contributed by atoms with E-state index in [9.17, 15) is 18.3 Å². The van der Waals surface area contributed by atoms with Crippen molar-refractivity contribution in [3.63, 3.8) is 0 Å². The van der Waals surface area contributed by atoms with Gasteiger partial charge in [0.15, 0.2) is 17.1 Å². The summed E-state index contributed by atoms with van der Waals surface area (Å²) in [5.74, 6) is -0.696. The molecule has 0 radical (unpaired) electrons. The molecule has 0 saturated heterocycles. The highest BCUT2D eigenvalue weighted by Gasteiger charge is 2.32. The minimum atomic E-state index is -4.78. The molecule has 0 atom stereocenters. The molecular weight excluding hydrogens is 213 g/mol. The first kappa shape index (κ1) is 9.70. The Labute approximate surface area is 81.7 Å². The summed E-state index contributed by atoms with van der Waals surface area (Å²) in [7, 11) is 0. The van der Waals surface area contributed by atoms with Crippen molar-refractivity contribution in [1.29, 1.82) is 0 Å². The van der Waals surface area contributed by atoms with Crippen LogP contribution in [0.1, 0.15) is 0 Å². The van der Waals surface area contributed by atoms with Crippen molar-refractivity contribution >= 4 is 11.0 Å². The van der Waals surface area contributed by atoms with Crippen molar-refractivity contribution in [2.75, 3.05) is 0 Å². The number of hydrogen-bond donors (Lipinski definition) is 1. The molecule has 0 spiro atoms. The van der Waals surface area contributed by atoms with Gasteiger partial charge in [0, 0.05) is 0 Å². The van der Waals surface area contributed by atoms with Crippen LogP contribution in [0.3, 0.4) is 0 Å². The number of aromatic hydroxyl groups is 1. The van der Waals surface area contributed by atoms with E-state index in [1.807, 2.05) is 0 Å². The van der Waals surface area contributed by atoms with E-state index in [1.54, 1.807) is 0 Å². The van der Waals surface area contributed by atoms with Crippen LogP contribution in [0, 0.1) is 0 Å². The Bertz CT molecular complexity index is 487. The lowest BCUT2D eigenvalue weighted by molar-refractivity contribution is -0.274. The van der Waals surface area contributed by atoms with Gasteiger partial charge in [0.2, 0.25) is 0 Å². The summed E-state index contributed by atoms with van der Waals surface area (Å²) in [5, 5.41) is 9.38. The Balaban J connectivity index is 2.52. The van der Waals surface area contributed by atoms with Gasteiger partial charge in [-0.15, -0.1) is 13.2 Å². The zero-order valence-corrected chi connectivity index (χ0v) is 7.21. The molecule has 3 nitrogen and oxygen atoms in total. The molecule has 0 aliphatic heterocycles. The maximum Gasteiger partial charge on any atom is 0.573 e. The molecule has 1 N–H and O–H groups in total. The van der Waals surface area contributed by atoms with Crippen LogP contribution in [0.5, 0.6) is 11.5 Å². The van der Waals surface area contributed by atoms with Crippen LogP contribution in [0.15, 0.2) is 28.9 Å². The predicted molar refractivity (Wildman–Crippen MR) is 44.6 cm³/mol. The highest BCUT2D eigenvalue weighted by atomic mass is 19.4. The molecule has 0 aliphatic carbocycles. The molecule has 0 unspecified atom stereocenters. The summed E-state index contributed by atoms with van der Waals surface area (Å²) in [6.07, 6.45) is -3.83. The van der Waals surface area contributed by atoms with E-state index in [0.717, 1.165) is 12.3 Å². The number of para-hydroxylation sites is 1. The second-order valence-electron chi connectivity index (χ2n) is 2.80. The van der Waals surface area contributed by atoms with Gasteiger partial charge in [-0.1, -0.05) is 6.07 Å². The van der Waals surface area contributed by atoms with Crippen molar-refractivity contribution in [3.8, 4) is 11.5 Å². The molecule has 2 aromatic rings. The number of rotatable bonds is 1. The monoisotopic (exact) mass is 218 g/mol. The third-order valence-corrected chi connectivity index (χ3v) is 1.77. The molecule has 1 aromatic carbocycles. The Hall–Kier alpha value is -1.85. The molecule has 80 valence electrons. The Kier molecular flexibility index (Phi) is 1.99. The van der Waals surface area contributed by atoms with Crippen molar-refractivity contribution in [1.82, 2.24) is 0 Å². The number of fused-ring (bicyclic) bond motifs is 1. The van der Waals surface area contributed by atoms with Gasteiger partial charge in [0.05, 0.1) is 5.39 Å². The first-order chi connectivity index (χ1) is 6.97. The van der Waals surface area contributed by atoms with Crippen molar-refractivity contribution in [2.24, 2.45) is 0 Å². The molecule has 1 aromatic heterocycles. The maximum atomic E-state index is 11.9. The zero-order chi connectivity index (χ0) is 11.1. The normalized spacial score (nSPS) is 11.9. The topological polar surface area (TPSA) is 42.6 Å². The van der Waals surface area contributed by atoms with Gasteiger partial charge in [-0.3, -0.25) is 0 Å². The summed E-state index contributed by atoms with van der Waals surface area (Å²) in [6.45, 7) is 0. The molecule has 0 fully saturated rings. The molecule has 0 amide bonds. The van der Waals surface area contributed by atoms with Crippen LogP contribution >= 0.6 is 0 Å². The van der Waals surface area contributed by atoms with Crippen LogP contribution < -0.4 is 4.74 Å². The van der Waals surface area contributed by atoms with Crippen LogP contribution in [-0.4, -0.2) is 11.5 Å². The molecule has 1 heterocycles. The summed E-state index contributed by atoms with van der Waals surface area (Å²) >= 11 is 0. The lowest BCUT2D eigenvalue weighted by Crippen LogP contribution is -2.17. The van der Waals surface area contributed by atoms with Gasteiger partial charge in [-0.2, -0.15) is 0 Å². The van der Waals surface area contributed by atoms with E-state index in [2.05, 4.69) is 4.74 Å². The molecule has 6 heteroatoms. The zero-order valence-electron chi connectivity index (χ0n) is 7.21. The Morgan fingerprint density at radius 1 is 1.27 bits per heavy atom. The first-order valence-corrected chi connectivity index (χ1v) is 3.92. The van der Waals surface area contributed by atoms with Crippen LogP contribution in [0.4, 0.5) is 13.2 Å². The Morgan fingerprint density at radius 3 is 2.67 bits per heavy atom. The fourth-order valence-electron chi connectivity index (χ4n) is 1.22. The molecule has 0 aliphatic rings. The number of furan rings is 1. The molecule has 0 bridgehead atoms. The molecular formula is C9H5F3O3. The molecule has 15 heavy (non-hydrogen) atoms. The van der Waals surface area contributed by atoms with Gasteiger partial charge < -0.3 is 14.3 Å². The summed E-state index contributed by atoms with van der Waals surface area (Å²) in [5.41, 5.74) is -0.132. The van der Waals surface area contributed by atoms with E-state index in [0.29, 0.717) is 0 Å². The predicted octanol–water partition coefficient (Wildman–Crippen LogP) is 3.04. The van der Waals surface area contributed by atoms with Gasteiger partial charge in [-0.25, -0.2) is 0 Å². The average molecular weight is 218 g/mol. The van der Waals surface area contributed by atoms with Gasteiger partial charge >= 0.3 is 6.36 Å². The molecule has 2 rings (SSSR count). The first-order valence-electron chi connectivity index (χ1n) is 3.92. The largest absolute Gasteiger partial charge is 0.573 e. The average Bonchev–Trinajstić information content (AvgIpc) is 2.47. The number of ether oxygens (including phenoxy) is 1. The van der Waals surface area contributed by atoms with Gasteiger partial charge in [0.25, 0.3) is 0 Å². The van der Waals surface area contributed by atoms with Crippen molar-refractivity contribution in [2.45, 2.75) is 6.36 Å². The van der Waals surface area contributed by atoms with Crippen molar-refractivity contribution in [3.05, 3.63) is 24.5 Å². The molecule has 0 saturated carbocycles. The number of halogens is 3. The standard InChI is InChI=1S/C9H5F3O3/c10-9(11,12)15-7-3-1-2-5-6(13)4-14-8(5)7/h1-4,13H. The quantitative estimate of drug-likeness (QED) is 0.799. The fraction of sp³-hybridized carbons (Fsp3) is 0.111. The van der Waals surface area contributed by atoms with Crippen LogP contribution in [-0.2, 0) is 0 Å².